The average Bonchev–Trinajstić information content (AvgIpc) is 3.08. The summed E-state index contributed by atoms with van der Waals surface area (Å²) in [5.74, 6) is 0.840. The minimum atomic E-state index is -0.908. The standard InChI is InChI=1S/C20H22N2O5/c1-20(18(23)24)10-11-22(13-20)19(25)21-16-9-8-15(12-17(16)26-2)27-14-6-4-3-5-7-14/h3-9,12H,10-11,13H2,1-2H3,(H,21,25)(H,23,24). The van der Waals surface area contributed by atoms with E-state index in [9.17, 15) is 14.7 Å². The van der Waals surface area contributed by atoms with Crippen molar-refractivity contribution in [3.63, 3.8) is 0 Å². The van der Waals surface area contributed by atoms with Crippen LogP contribution in [0.2, 0.25) is 0 Å². The summed E-state index contributed by atoms with van der Waals surface area (Å²) in [6.45, 7) is 2.22. The predicted octanol–water partition coefficient (Wildman–Crippen LogP) is 3.82. The van der Waals surface area contributed by atoms with Crippen LogP contribution in [0, 0.1) is 5.41 Å². The molecule has 1 fully saturated rings. The van der Waals surface area contributed by atoms with Crippen LogP contribution in [0.5, 0.6) is 17.2 Å². The SMILES string of the molecule is COc1cc(Oc2ccccc2)ccc1NC(=O)N1CCC(C)(C(=O)O)C1. The van der Waals surface area contributed by atoms with E-state index < -0.39 is 11.4 Å². The minimum Gasteiger partial charge on any atom is -0.494 e. The van der Waals surface area contributed by atoms with Gasteiger partial charge in [-0.05, 0) is 37.6 Å². The number of ether oxygens (including phenoxy) is 2. The Bertz CT molecular complexity index is 840. The largest absolute Gasteiger partial charge is 0.494 e. The molecule has 0 spiro atoms. The molecule has 0 saturated carbocycles. The van der Waals surface area contributed by atoms with Gasteiger partial charge in [0.2, 0.25) is 0 Å². The van der Waals surface area contributed by atoms with Gasteiger partial charge in [-0.3, -0.25) is 4.79 Å². The number of rotatable bonds is 5. The number of hydrogen-bond donors (Lipinski definition) is 2. The predicted molar refractivity (Wildman–Crippen MR) is 100 cm³/mol. The fraction of sp³-hybridized carbons (Fsp3) is 0.300. The van der Waals surface area contributed by atoms with Crippen molar-refractivity contribution in [2.75, 3.05) is 25.5 Å². The van der Waals surface area contributed by atoms with Gasteiger partial charge in [-0.2, -0.15) is 0 Å². The first-order valence-corrected chi connectivity index (χ1v) is 8.61. The van der Waals surface area contributed by atoms with Crippen molar-refractivity contribution < 1.29 is 24.2 Å². The van der Waals surface area contributed by atoms with Crippen molar-refractivity contribution in [1.82, 2.24) is 4.90 Å². The van der Waals surface area contributed by atoms with Gasteiger partial charge in [0, 0.05) is 19.2 Å². The third-order valence-electron chi connectivity index (χ3n) is 4.67. The van der Waals surface area contributed by atoms with Crippen LogP contribution in [-0.2, 0) is 4.79 Å². The molecule has 2 amide bonds. The normalized spacial score (nSPS) is 18.8. The number of carboxylic acids is 1. The molecule has 0 aliphatic carbocycles. The van der Waals surface area contributed by atoms with Crippen molar-refractivity contribution in [3.8, 4) is 17.2 Å². The van der Waals surface area contributed by atoms with Gasteiger partial charge in [0.25, 0.3) is 0 Å². The molecule has 1 atom stereocenters. The summed E-state index contributed by atoms with van der Waals surface area (Å²) >= 11 is 0. The molecule has 0 radical (unpaired) electrons. The first-order valence-electron chi connectivity index (χ1n) is 8.61. The Hall–Kier alpha value is -3.22. The van der Waals surface area contributed by atoms with Gasteiger partial charge in [-0.1, -0.05) is 18.2 Å². The Morgan fingerprint density at radius 1 is 1.15 bits per heavy atom. The van der Waals surface area contributed by atoms with Gasteiger partial charge >= 0.3 is 12.0 Å². The molecule has 7 nitrogen and oxygen atoms in total. The number of hydrogen-bond acceptors (Lipinski definition) is 4. The van der Waals surface area contributed by atoms with Gasteiger partial charge in [0.15, 0.2) is 0 Å². The number of carboxylic acid groups (broad SMARTS) is 1. The summed E-state index contributed by atoms with van der Waals surface area (Å²) in [6, 6.07) is 14.1. The van der Waals surface area contributed by atoms with Crippen LogP contribution in [-0.4, -0.2) is 42.2 Å². The lowest BCUT2D eigenvalue weighted by Crippen LogP contribution is -2.37. The number of methoxy groups -OCH3 is 1. The number of para-hydroxylation sites is 1. The molecule has 2 N–H and O–H groups in total. The highest BCUT2D eigenvalue weighted by Crippen LogP contribution is 2.34. The van der Waals surface area contributed by atoms with E-state index in [1.807, 2.05) is 30.3 Å². The fourth-order valence-electron chi connectivity index (χ4n) is 2.97. The van der Waals surface area contributed by atoms with Gasteiger partial charge in [0.05, 0.1) is 18.2 Å². The molecule has 0 aromatic heterocycles. The maximum atomic E-state index is 12.5. The van der Waals surface area contributed by atoms with Crippen molar-refractivity contribution in [2.45, 2.75) is 13.3 Å². The zero-order chi connectivity index (χ0) is 19.4. The molecule has 1 unspecified atom stereocenters. The third kappa shape index (κ3) is 4.13. The van der Waals surface area contributed by atoms with E-state index >= 15 is 0 Å². The van der Waals surface area contributed by atoms with E-state index in [0.29, 0.717) is 35.9 Å². The zero-order valence-corrected chi connectivity index (χ0v) is 15.3. The highest BCUT2D eigenvalue weighted by molar-refractivity contribution is 5.92. The van der Waals surface area contributed by atoms with Crippen molar-refractivity contribution in [3.05, 3.63) is 48.5 Å². The second-order valence-corrected chi connectivity index (χ2v) is 6.74. The van der Waals surface area contributed by atoms with Crippen molar-refractivity contribution in [1.29, 1.82) is 0 Å². The van der Waals surface area contributed by atoms with Crippen LogP contribution in [0.1, 0.15) is 13.3 Å². The Labute approximate surface area is 157 Å². The number of anilines is 1. The quantitative estimate of drug-likeness (QED) is 0.835. The van der Waals surface area contributed by atoms with E-state index in [4.69, 9.17) is 9.47 Å². The second-order valence-electron chi connectivity index (χ2n) is 6.74. The van der Waals surface area contributed by atoms with E-state index in [1.54, 1.807) is 25.1 Å². The van der Waals surface area contributed by atoms with Crippen LogP contribution in [0.3, 0.4) is 0 Å². The molecule has 1 heterocycles. The minimum absolute atomic E-state index is 0.172. The van der Waals surface area contributed by atoms with E-state index in [1.165, 1.54) is 12.0 Å². The number of nitrogens with zero attached hydrogens (tertiary/aromatic N) is 1. The number of aliphatic carboxylic acids is 1. The molecule has 1 aliphatic rings. The Balaban J connectivity index is 1.70. The third-order valence-corrected chi connectivity index (χ3v) is 4.67. The summed E-state index contributed by atoms with van der Waals surface area (Å²) in [6.07, 6.45) is 0.427. The molecule has 1 aliphatic heterocycles. The summed E-state index contributed by atoms with van der Waals surface area (Å²) < 4.78 is 11.1. The first kappa shape index (κ1) is 18.6. The highest BCUT2D eigenvalue weighted by Gasteiger charge is 2.42. The Kier molecular flexibility index (Phi) is 5.21. The number of benzene rings is 2. The Morgan fingerprint density at radius 2 is 1.89 bits per heavy atom. The van der Waals surface area contributed by atoms with Crippen LogP contribution in [0.15, 0.2) is 48.5 Å². The highest BCUT2D eigenvalue weighted by atomic mass is 16.5. The van der Waals surface area contributed by atoms with Crippen LogP contribution >= 0.6 is 0 Å². The van der Waals surface area contributed by atoms with E-state index in [-0.39, 0.29) is 12.6 Å². The molecule has 3 rings (SSSR count). The monoisotopic (exact) mass is 370 g/mol. The van der Waals surface area contributed by atoms with Gasteiger partial charge in [-0.15, -0.1) is 0 Å². The summed E-state index contributed by atoms with van der Waals surface area (Å²) in [4.78, 5) is 25.4. The van der Waals surface area contributed by atoms with Crippen LogP contribution in [0.4, 0.5) is 10.5 Å². The van der Waals surface area contributed by atoms with Crippen molar-refractivity contribution >= 4 is 17.7 Å². The molecule has 142 valence electrons. The molecule has 1 saturated heterocycles. The summed E-state index contributed by atoms with van der Waals surface area (Å²) in [7, 11) is 1.51. The molecule has 2 aromatic carbocycles. The second kappa shape index (κ2) is 7.57. The fourth-order valence-corrected chi connectivity index (χ4v) is 2.97. The lowest BCUT2D eigenvalue weighted by atomic mass is 9.90. The van der Waals surface area contributed by atoms with Gasteiger partial charge in [0.1, 0.15) is 17.2 Å². The summed E-state index contributed by atoms with van der Waals surface area (Å²) in [5, 5.41) is 12.1. The number of nitrogens with one attached hydrogen (secondary N) is 1. The van der Waals surface area contributed by atoms with Crippen molar-refractivity contribution in [2.24, 2.45) is 5.41 Å². The lowest BCUT2D eigenvalue weighted by Gasteiger charge is -2.21. The molecule has 27 heavy (non-hydrogen) atoms. The van der Waals surface area contributed by atoms with E-state index in [2.05, 4.69) is 5.32 Å². The van der Waals surface area contributed by atoms with Gasteiger partial charge in [-0.25, -0.2) is 4.79 Å². The van der Waals surface area contributed by atoms with E-state index in [0.717, 1.165) is 0 Å². The number of urea groups is 1. The number of likely N-dealkylation sites (tertiary alicyclic amines) is 1. The summed E-state index contributed by atoms with van der Waals surface area (Å²) in [5.41, 5.74) is -0.415. The number of amides is 2. The number of carbonyl (C=O) groups is 2. The smallest absolute Gasteiger partial charge is 0.321 e. The average molecular weight is 370 g/mol. The maximum Gasteiger partial charge on any atom is 0.321 e. The van der Waals surface area contributed by atoms with Gasteiger partial charge < -0.3 is 24.8 Å². The molecule has 0 bridgehead atoms. The maximum absolute atomic E-state index is 12.5. The topological polar surface area (TPSA) is 88.1 Å². The number of carbonyl (C=O) groups excluding carboxylic acids is 1. The molecular weight excluding hydrogens is 348 g/mol. The van der Waals surface area contributed by atoms with Crippen LogP contribution < -0.4 is 14.8 Å². The first-order chi connectivity index (χ1) is 12.9. The van der Waals surface area contributed by atoms with Crippen LogP contribution in [0.25, 0.3) is 0 Å². The lowest BCUT2D eigenvalue weighted by molar-refractivity contribution is -0.146. The molecule has 2 aromatic rings. The Morgan fingerprint density at radius 3 is 2.52 bits per heavy atom. The molecular formula is C20H22N2O5. The zero-order valence-electron chi connectivity index (χ0n) is 15.3. The molecule has 7 heteroatoms.